The number of rotatable bonds is 4. The van der Waals surface area contributed by atoms with Gasteiger partial charge >= 0.3 is 0 Å². The van der Waals surface area contributed by atoms with Crippen LogP contribution in [0.3, 0.4) is 0 Å². The van der Waals surface area contributed by atoms with Gasteiger partial charge < -0.3 is 15.3 Å². The number of aliphatic hydroxyl groups excluding tert-OH is 1. The van der Waals surface area contributed by atoms with Gasteiger partial charge in [0.15, 0.2) is 0 Å². The third-order valence-corrected chi connectivity index (χ3v) is 2.71. The normalized spacial score (nSPS) is 23.3. The molecule has 1 rings (SSSR count). The number of hydrogen-bond acceptors (Lipinski definition) is 3. The summed E-state index contributed by atoms with van der Waals surface area (Å²) in [6, 6.07) is 0.676. The fourth-order valence-electron chi connectivity index (χ4n) is 1.71. The van der Waals surface area contributed by atoms with Crippen molar-refractivity contribution in [2.45, 2.75) is 38.3 Å². The number of piperidine rings is 1. The summed E-state index contributed by atoms with van der Waals surface area (Å²) in [5.41, 5.74) is 0. The van der Waals surface area contributed by atoms with Gasteiger partial charge in [-0.1, -0.05) is 0 Å². The Morgan fingerprint density at radius 3 is 2.62 bits per heavy atom. The molecule has 1 saturated heterocycles. The van der Waals surface area contributed by atoms with Crippen LogP contribution in [0.15, 0.2) is 0 Å². The van der Waals surface area contributed by atoms with E-state index in [2.05, 4.69) is 17.3 Å². The van der Waals surface area contributed by atoms with Gasteiger partial charge in [-0.2, -0.15) is 0 Å². The average Bonchev–Trinajstić information content (AvgIpc) is 2.08. The molecule has 1 heterocycles. The van der Waals surface area contributed by atoms with Crippen LogP contribution in [-0.4, -0.2) is 48.8 Å². The van der Waals surface area contributed by atoms with Crippen molar-refractivity contribution in [3.05, 3.63) is 0 Å². The summed E-state index contributed by atoms with van der Waals surface area (Å²) >= 11 is 0. The van der Waals surface area contributed by atoms with E-state index < -0.39 is 0 Å². The van der Waals surface area contributed by atoms with Crippen molar-refractivity contribution in [3.63, 3.8) is 0 Å². The molecule has 0 spiro atoms. The Labute approximate surface area is 81.1 Å². The third kappa shape index (κ3) is 4.60. The van der Waals surface area contributed by atoms with Crippen LogP contribution in [0, 0.1) is 0 Å². The van der Waals surface area contributed by atoms with Gasteiger partial charge in [-0.3, -0.25) is 0 Å². The number of nitrogens with one attached hydrogen (secondary N) is 1. The number of nitrogens with zero attached hydrogens (tertiary/aromatic N) is 1. The van der Waals surface area contributed by atoms with Crippen LogP contribution in [0.4, 0.5) is 0 Å². The van der Waals surface area contributed by atoms with E-state index in [0.29, 0.717) is 6.04 Å². The fourth-order valence-corrected chi connectivity index (χ4v) is 1.71. The van der Waals surface area contributed by atoms with Gasteiger partial charge in [0.1, 0.15) is 0 Å². The Hall–Kier alpha value is -0.120. The van der Waals surface area contributed by atoms with Crippen molar-refractivity contribution in [2.75, 3.05) is 26.7 Å². The molecule has 3 heteroatoms. The SMILES string of the molecule is CC(O)CCNC1CCN(C)CC1. The Kier molecular flexibility index (Phi) is 4.70. The standard InChI is InChI=1S/C10H22N2O/c1-9(13)3-6-11-10-4-7-12(2)8-5-10/h9-11,13H,3-8H2,1-2H3. The van der Waals surface area contributed by atoms with E-state index >= 15 is 0 Å². The maximum absolute atomic E-state index is 9.08. The molecule has 78 valence electrons. The minimum atomic E-state index is -0.168. The van der Waals surface area contributed by atoms with Crippen molar-refractivity contribution in [3.8, 4) is 0 Å². The number of hydrogen-bond donors (Lipinski definition) is 2. The second-order valence-corrected chi connectivity index (χ2v) is 4.17. The van der Waals surface area contributed by atoms with Crippen molar-refractivity contribution >= 4 is 0 Å². The molecule has 1 fully saturated rings. The lowest BCUT2D eigenvalue weighted by Crippen LogP contribution is -2.41. The average molecular weight is 186 g/mol. The van der Waals surface area contributed by atoms with Crippen LogP contribution in [0.25, 0.3) is 0 Å². The molecular weight excluding hydrogens is 164 g/mol. The summed E-state index contributed by atoms with van der Waals surface area (Å²) in [6.45, 7) is 5.20. The third-order valence-electron chi connectivity index (χ3n) is 2.71. The largest absolute Gasteiger partial charge is 0.393 e. The fraction of sp³-hybridized carbons (Fsp3) is 1.00. The lowest BCUT2D eigenvalue weighted by atomic mass is 10.1. The molecule has 0 aliphatic carbocycles. The van der Waals surface area contributed by atoms with Crippen LogP contribution < -0.4 is 5.32 Å². The van der Waals surface area contributed by atoms with Crippen molar-refractivity contribution in [2.24, 2.45) is 0 Å². The first-order valence-corrected chi connectivity index (χ1v) is 5.28. The van der Waals surface area contributed by atoms with Crippen LogP contribution in [0.5, 0.6) is 0 Å². The summed E-state index contributed by atoms with van der Waals surface area (Å²) < 4.78 is 0. The Morgan fingerprint density at radius 2 is 2.08 bits per heavy atom. The molecule has 0 saturated carbocycles. The smallest absolute Gasteiger partial charge is 0.0524 e. The quantitative estimate of drug-likeness (QED) is 0.669. The lowest BCUT2D eigenvalue weighted by Gasteiger charge is -2.29. The lowest BCUT2D eigenvalue weighted by molar-refractivity contribution is 0.176. The van der Waals surface area contributed by atoms with Gasteiger partial charge in [0.05, 0.1) is 6.10 Å². The second kappa shape index (κ2) is 5.58. The molecule has 13 heavy (non-hydrogen) atoms. The molecule has 0 amide bonds. The molecule has 1 atom stereocenters. The molecule has 1 unspecified atom stereocenters. The maximum Gasteiger partial charge on any atom is 0.0524 e. The minimum absolute atomic E-state index is 0.168. The topological polar surface area (TPSA) is 35.5 Å². The summed E-state index contributed by atoms with van der Waals surface area (Å²) in [5, 5.41) is 12.6. The first-order chi connectivity index (χ1) is 6.18. The first kappa shape index (κ1) is 11.0. The number of likely N-dealkylation sites (tertiary alicyclic amines) is 1. The molecule has 0 bridgehead atoms. The first-order valence-electron chi connectivity index (χ1n) is 5.28. The summed E-state index contributed by atoms with van der Waals surface area (Å²) in [5.74, 6) is 0. The molecule has 0 radical (unpaired) electrons. The van der Waals surface area contributed by atoms with Crippen LogP contribution in [0.1, 0.15) is 26.2 Å². The summed E-state index contributed by atoms with van der Waals surface area (Å²) in [6.07, 6.45) is 3.19. The van der Waals surface area contributed by atoms with E-state index in [1.807, 2.05) is 6.92 Å². The molecule has 0 aromatic heterocycles. The van der Waals surface area contributed by atoms with Gasteiger partial charge in [0, 0.05) is 6.04 Å². The van der Waals surface area contributed by atoms with Gasteiger partial charge in [0.25, 0.3) is 0 Å². The van der Waals surface area contributed by atoms with E-state index in [1.54, 1.807) is 0 Å². The Morgan fingerprint density at radius 1 is 1.46 bits per heavy atom. The summed E-state index contributed by atoms with van der Waals surface area (Å²) in [7, 11) is 2.17. The highest BCUT2D eigenvalue weighted by atomic mass is 16.3. The van der Waals surface area contributed by atoms with Crippen LogP contribution in [0.2, 0.25) is 0 Å². The van der Waals surface area contributed by atoms with Gasteiger partial charge in [-0.05, 0) is 52.9 Å². The van der Waals surface area contributed by atoms with Crippen molar-refractivity contribution < 1.29 is 5.11 Å². The van der Waals surface area contributed by atoms with E-state index in [-0.39, 0.29) is 6.10 Å². The Bertz CT molecular complexity index is 131. The zero-order chi connectivity index (χ0) is 9.68. The molecule has 0 aromatic carbocycles. The number of aliphatic hydroxyl groups is 1. The van der Waals surface area contributed by atoms with Gasteiger partial charge in [0.2, 0.25) is 0 Å². The highest BCUT2D eigenvalue weighted by Gasteiger charge is 2.15. The molecule has 3 nitrogen and oxygen atoms in total. The van der Waals surface area contributed by atoms with Crippen LogP contribution >= 0.6 is 0 Å². The van der Waals surface area contributed by atoms with Gasteiger partial charge in [-0.25, -0.2) is 0 Å². The molecule has 1 aliphatic heterocycles. The maximum atomic E-state index is 9.08. The highest BCUT2D eigenvalue weighted by Crippen LogP contribution is 2.07. The van der Waals surface area contributed by atoms with Gasteiger partial charge in [-0.15, -0.1) is 0 Å². The van der Waals surface area contributed by atoms with E-state index in [1.165, 1.54) is 25.9 Å². The molecule has 1 aliphatic rings. The molecule has 0 aromatic rings. The highest BCUT2D eigenvalue weighted by molar-refractivity contribution is 4.75. The monoisotopic (exact) mass is 186 g/mol. The minimum Gasteiger partial charge on any atom is -0.393 e. The predicted octanol–water partition coefficient (Wildman–Crippen LogP) is 0.441. The second-order valence-electron chi connectivity index (χ2n) is 4.17. The zero-order valence-corrected chi connectivity index (χ0v) is 8.79. The molecule has 2 N–H and O–H groups in total. The van der Waals surface area contributed by atoms with E-state index in [9.17, 15) is 0 Å². The predicted molar refractivity (Wildman–Crippen MR) is 54.8 cm³/mol. The van der Waals surface area contributed by atoms with Crippen molar-refractivity contribution in [1.29, 1.82) is 0 Å². The van der Waals surface area contributed by atoms with Crippen molar-refractivity contribution in [1.82, 2.24) is 10.2 Å². The van der Waals surface area contributed by atoms with E-state index in [4.69, 9.17) is 5.11 Å². The zero-order valence-electron chi connectivity index (χ0n) is 8.79. The summed E-state index contributed by atoms with van der Waals surface area (Å²) in [4.78, 5) is 2.37. The molecular formula is C10H22N2O. The van der Waals surface area contributed by atoms with E-state index in [0.717, 1.165) is 13.0 Å². The Balaban J connectivity index is 2.02. The van der Waals surface area contributed by atoms with Crippen LogP contribution in [-0.2, 0) is 0 Å².